The van der Waals surface area contributed by atoms with Crippen molar-refractivity contribution in [3.8, 4) is 11.5 Å². The maximum absolute atomic E-state index is 5.75. The maximum atomic E-state index is 5.75. The van der Waals surface area contributed by atoms with Crippen LogP contribution in [0.5, 0.6) is 11.5 Å². The van der Waals surface area contributed by atoms with E-state index in [1.165, 1.54) is 5.56 Å². The Kier molecular flexibility index (Phi) is 3.39. The highest BCUT2D eigenvalue weighted by atomic mass is 16.5. The molecule has 18 heavy (non-hydrogen) atoms. The third-order valence-corrected chi connectivity index (χ3v) is 3.73. The minimum absolute atomic E-state index is 0.392. The van der Waals surface area contributed by atoms with E-state index in [9.17, 15) is 0 Å². The van der Waals surface area contributed by atoms with E-state index in [0.717, 1.165) is 44.2 Å². The van der Waals surface area contributed by atoms with Crippen molar-refractivity contribution in [1.82, 2.24) is 10.6 Å². The molecule has 0 aliphatic carbocycles. The van der Waals surface area contributed by atoms with Crippen molar-refractivity contribution in [1.29, 1.82) is 0 Å². The number of hydrogen-bond acceptors (Lipinski definition) is 4. The van der Waals surface area contributed by atoms with E-state index in [1.807, 2.05) is 13.1 Å². The predicted molar refractivity (Wildman–Crippen MR) is 70.2 cm³/mol. The molecule has 1 unspecified atom stereocenters. The number of fused-ring (bicyclic) bond motifs is 1. The van der Waals surface area contributed by atoms with Crippen LogP contribution in [-0.4, -0.2) is 33.4 Å². The molecule has 2 N–H and O–H groups in total. The number of nitrogens with one attached hydrogen (secondary N) is 2. The first-order chi connectivity index (χ1) is 8.88. The summed E-state index contributed by atoms with van der Waals surface area (Å²) in [6.07, 6.45) is 0.950. The molecular weight excluding hydrogens is 228 g/mol. The lowest BCUT2D eigenvalue weighted by Gasteiger charge is -2.35. The van der Waals surface area contributed by atoms with E-state index in [2.05, 4.69) is 22.8 Å². The van der Waals surface area contributed by atoms with Gasteiger partial charge in [-0.05, 0) is 24.7 Å². The Bertz CT molecular complexity index is 418. The van der Waals surface area contributed by atoms with Crippen LogP contribution in [0.15, 0.2) is 18.2 Å². The third kappa shape index (κ3) is 2.18. The second kappa shape index (κ2) is 5.16. The topological polar surface area (TPSA) is 42.5 Å². The monoisotopic (exact) mass is 248 g/mol. The van der Waals surface area contributed by atoms with Crippen LogP contribution >= 0.6 is 0 Å². The average Bonchev–Trinajstić information content (AvgIpc) is 2.57. The van der Waals surface area contributed by atoms with Crippen LogP contribution < -0.4 is 20.1 Å². The SMILES string of the molecule is CNC(c1ccc2c(c1)OCCCO2)C1CNC1. The second-order valence-corrected chi connectivity index (χ2v) is 4.94. The summed E-state index contributed by atoms with van der Waals surface area (Å²) >= 11 is 0. The lowest BCUT2D eigenvalue weighted by Crippen LogP contribution is -2.48. The van der Waals surface area contributed by atoms with Crippen LogP contribution in [0, 0.1) is 5.92 Å². The average molecular weight is 248 g/mol. The van der Waals surface area contributed by atoms with Crippen molar-refractivity contribution >= 4 is 0 Å². The Hall–Kier alpha value is -1.26. The Morgan fingerprint density at radius 1 is 1.22 bits per heavy atom. The molecule has 2 aliphatic heterocycles. The largest absolute Gasteiger partial charge is 0.490 e. The van der Waals surface area contributed by atoms with Crippen molar-refractivity contribution < 1.29 is 9.47 Å². The van der Waals surface area contributed by atoms with E-state index < -0.39 is 0 Å². The third-order valence-electron chi connectivity index (χ3n) is 3.73. The Morgan fingerprint density at radius 3 is 2.67 bits per heavy atom. The quantitative estimate of drug-likeness (QED) is 0.847. The lowest BCUT2D eigenvalue weighted by atomic mass is 9.88. The van der Waals surface area contributed by atoms with Gasteiger partial charge < -0.3 is 20.1 Å². The molecule has 1 fully saturated rings. The molecule has 0 spiro atoms. The summed E-state index contributed by atoms with van der Waals surface area (Å²) in [5, 5.41) is 6.73. The van der Waals surface area contributed by atoms with Gasteiger partial charge in [-0.25, -0.2) is 0 Å². The van der Waals surface area contributed by atoms with Crippen molar-refractivity contribution in [2.75, 3.05) is 33.4 Å². The van der Waals surface area contributed by atoms with E-state index in [4.69, 9.17) is 9.47 Å². The normalized spacial score (nSPS) is 20.9. The summed E-state index contributed by atoms with van der Waals surface area (Å²) in [5.74, 6) is 2.43. The summed E-state index contributed by atoms with van der Waals surface area (Å²) < 4.78 is 11.4. The van der Waals surface area contributed by atoms with Crippen molar-refractivity contribution in [2.45, 2.75) is 12.5 Å². The van der Waals surface area contributed by atoms with Crippen molar-refractivity contribution in [2.24, 2.45) is 5.92 Å². The fourth-order valence-corrected chi connectivity index (χ4v) is 2.59. The number of benzene rings is 1. The Balaban J connectivity index is 1.85. The van der Waals surface area contributed by atoms with Gasteiger partial charge in [-0.1, -0.05) is 6.07 Å². The van der Waals surface area contributed by atoms with Gasteiger partial charge in [0.05, 0.1) is 13.2 Å². The van der Waals surface area contributed by atoms with Crippen LogP contribution in [-0.2, 0) is 0 Å². The van der Waals surface area contributed by atoms with Gasteiger partial charge in [0, 0.05) is 31.5 Å². The Labute approximate surface area is 108 Å². The highest BCUT2D eigenvalue weighted by molar-refractivity contribution is 5.44. The van der Waals surface area contributed by atoms with E-state index in [1.54, 1.807) is 0 Å². The fraction of sp³-hybridized carbons (Fsp3) is 0.571. The molecule has 2 aliphatic rings. The highest BCUT2D eigenvalue weighted by Crippen LogP contribution is 2.34. The van der Waals surface area contributed by atoms with Gasteiger partial charge in [0.25, 0.3) is 0 Å². The maximum Gasteiger partial charge on any atom is 0.161 e. The molecule has 1 aromatic rings. The van der Waals surface area contributed by atoms with Gasteiger partial charge in [-0.2, -0.15) is 0 Å². The molecule has 4 nitrogen and oxygen atoms in total. The van der Waals surface area contributed by atoms with Gasteiger partial charge in [0.15, 0.2) is 11.5 Å². The first kappa shape index (κ1) is 11.8. The van der Waals surface area contributed by atoms with E-state index in [0.29, 0.717) is 12.0 Å². The van der Waals surface area contributed by atoms with Gasteiger partial charge in [0.2, 0.25) is 0 Å². The zero-order valence-electron chi connectivity index (χ0n) is 10.7. The number of ether oxygens (including phenoxy) is 2. The molecule has 4 heteroatoms. The minimum atomic E-state index is 0.392. The molecule has 0 saturated carbocycles. The number of rotatable bonds is 3. The number of hydrogen-bond donors (Lipinski definition) is 2. The molecule has 1 saturated heterocycles. The molecule has 1 atom stereocenters. The second-order valence-electron chi connectivity index (χ2n) is 4.94. The molecule has 3 rings (SSSR count). The van der Waals surface area contributed by atoms with Gasteiger partial charge in [-0.3, -0.25) is 0 Å². The summed E-state index contributed by atoms with van der Waals surface area (Å²) in [6.45, 7) is 3.65. The van der Waals surface area contributed by atoms with Gasteiger partial charge in [-0.15, -0.1) is 0 Å². The van der Waals surface area contributed by atoms with Crippen molar-refractivity contribution in [3.63, 3.8) is 0 Å². The van der Waals surface area contributed by atoms with Crippen LogP contribution in [0.1, 0.15) is 18.0 Å². The fourth-order valence-electron chi connectivity index (χ4n) is 2.59. The molecular formula is C14H20N2O2. The highest BCUT2D eigenvalue weighted by Gasteiger charge is 2.27. The lowest BCUT2D eigenvalue weighted by molar-refractivity contribution is 0.266. The van der Waals surface area contributed by atoms with Crippen LogP contribution in [0.25, 0.3) is 0 Å². The van der Waals surface area contributed by atoms with Crippen LogP contribution in [0.2, 0.25) is 0 Å². The molecule has 0 amide bonds. The molecule has 0 aromatic heterocycles. The molecule has 2 heterocycles. The summed E-state index contributed by atoms with van der Waals surface area (Å²) in [4.78, 5) is 0. The molecule has 0 radical (unpaired) electrons. The summed E-state index contributed by atoms with van der Waals surface area (Å²) in [5.41, 5.74) is 1.29. The summed E-state index contributed by atoms with van der Waals surface area (Å²) in [7, 11) is 2.02. The van der Waals surface area contributed by atoms with E-state index >= 15 is 0 Å². The van der Waals surface area contributed by atoms with Crippen LogP contribution in [0.3, 0.4) is 0 Å². The molecule has 1 aromatic carbocycles. The molecule has 0 bridgehead atoms. The zero-order chi connectivity index (χ0) is 12.4. The zero-order valence-corrected chi connectivity index (χ0v) is 10.7. The first-order valence-electron chi connectivity index (χ1n) is 6.66. The summed E-state index contributed by atoms with van der Waals surface area (Å²) in [6, 6.07) is 6.70. The predicted octanol–water partition coefficient (Wildman–Crippen LogP) is 1.33. The van der Waals surface area contributed by atoms with Crippen molar-refractivity contribution in [3.05, 3.63) is 23.8 Å². The standard InChI is InChI=1S/C14H20N2O2/c1-15-14(11-8-16-9-11)10-3-4-12-13(7-10)18-6-2-5-17-12/h3-4,7,11,14-16H,2,5-6,8-9H2,1H3. The van der Waals surface area contributed by atoms with Gasteiger partial charge >= 0.3 is 0 Å². The van der Waals surface area contributed by atoms with E-state index in [-0.39, 0.29) is 0 Å². The van der Waals surface area contributed by atoms with Gasteiger partial charge in [0.1, 0.15) is 0 Å². The first-order valence-corrected chi connectivity index (χ1v) is 6.66. The Morgan fingerprint density at radius 2 is 2.00 bits per heavy atom. The minimum Gasteiger partial charge on any atom is -0.490 e. The van der Waals surface area contributed by atoms with Crippen LogP contribution in [0.4, 0.5) is 0 Å². The molecule has 98 valence electrons. The smallest absolute Gasteiger partial charge is 0.161 e.